The molecule has 1 aromatic heterocycles. The molecule has 1 fully saturated rings. The van der Waals surface area contributed by atoms with E-state index in [1.165, 1.54) is 35.2 Å². The van der Waals surface area contributed by atoms with Crippen molar-refractivity contribution in [2.75, 3.05) is 0 Å². The van der Waals surface area contributed by atoms with E-state index in [9.17, 15) is 0 Å². The summed E-state index contributed by atoms with van der Waals surface area (Å²) in [6.07, 6.45) is 5.79. The highest BCUT2D eigenvalue weighted by Crippen LogP contribution is 2.28. The average molecular weight is 269 g/mol. The van der Waals surface area contributed by atoms with E-state index >= 15 is 0 Å². The largest absolute Gasteiger partial charge is 0.310 e. The number of rotatable bonds is 6. The van der Waals surface area contributed by atoms with Gasteiger partial charge in [0.25, 0.3) is 0 Å². The van der Waals surface area contributed by atoms with Crippen LogP contribution in [0.4, 0.5) is 0 Å². The van der Waals surface area contributed by atoms with E-state index in [1.807, 2.05) is 6.20 Å². The Kier molecular flexibility index (Phi) is 3.88. The first kappa shape index (κ1) is 13.4. The Morgan fingerprint density at radius 1 is 1.25 bits per heavy atom. The summed E-state index contributed by atoms with van der Waals surface area (Å²) < 4.78 is 2.11. The maximum absolute atomic E-state index is 4.53. The number of aryl methyl sites for hydroxylation is 1. The van der Waals surface area contributed by atoms with Gasteiger partial charge in [-0.25, -0.2) is 0 Å². The first-order valence-electron chi connectivity index (χ1n) is 7.63. The van der Waals surface area contributed by atoms with E-state index in [-0.39, 0.29) is 0 Å². The molecule has 1 aromatic carbocycles. The monoisotopic (exact) mass is 269 g/mol. The molecule has 1 aliphatic rings. The minimum absolute atomic E-state index is 0.743. The highest BCUT2D eigenvalue weighted by molar-refractivity contribution is 5.68. The fourth-order valence-corrected chi connectivity index (χ4v) is 2.63. The van der Waals surface area contributed by atoms with Crippen LogP contribution in [-0.2, 0) is 13.1 Å². The summed E-state index contributed by atoms with van der Waals surface area (Å²) in [6, 6.07) is 9.42. The van der Waals surface area contributed by atoms with Crippen molar-refractivity contribution in [3.63, 3.8) is 0 Å². The quantitative estimate of drug-likeness (QED) is 0.869. The van der Waals surface area contributed by atoms with Gasteiger partial charge in [0.2, 0.25) is 0 Å². The van der Waals surface area contributed by atoms with Crippen molar-refractivity contribution in [2.24, 2.45) is 0 Å². The Morgan fingerprint density at radius 3 is 2.80 bits per heavy atom. The van der Waals surface area contributed by atoms with Crippen LogP contribution in [0.5, 0.6) is 0 Å². The molecule has 1 heterocycles. The third-order valence-corrected chi connectivity index (χ3v) is 4.00. The number of nitrogens with zero attached hydrogens (tertiary/aromatic N) is 2. The summed E-state index contributed by atoms with van der Waals surface area (Å²) in [5, 5.41) is 8.13. The normalized spacial score (nSPS) is 14.7. The van der Waals surface area contributed by atoms with Gasteiger partial charge in [-0.1, -0.05) is 31.2 Å². The number of hydrogen-bond donors (Lipinski definition) is 1. The van der Waals surface area contributed by atoms with Gasteiger partial charge in [0.1, 0.15) is 0 Å². The van der Waals surface area contributed by atoms with Crippen LogP contribution in [-0.4, -0.2) is 15.8 Å². The smallest absolute Gasteiger partial charge is 0.0571 e. The predicted octanol–water partition coefficient (Wildman–Crippen LogP) is 3.52. The average Bonchev–Trinajstić information content (AvgIpc) is 3.23. The highest BCUT2D eigenvalue weighted by atomic mass is 15.3. The summed E-state index contributed by atoms with van der Waals surface area (Å²) >= 11 is 0. The van der Waals surface area contributed by atoms with Gasteiger partial charge in [0.15, 0.2) is 0 Å². The Balaban J connectivity index is 1.88. The van der Waals surface area contributed by atoms with Crippen LogP contribution >= 0.6 is 0 Å². The summed E-state index contributed by atoms with van der Waals surface area (Å²) in [4.78, 5) is 0. The van der Waals surface area contributed by atoms with E-state index < -0.39 is 0 Å². The lowest BCUT2D eigenvalue weighted by molar-refractivity contribution is 0.587. The molecule has 3 rings (SSSR count). The van der Waals surface area contributed by atoms with Crippen molar-refractivity contribution in [3.05, 3.63) is 41.7 Å². The van der Waals surface area contributed by atoms with Crippen LogP contribution in [0.3, 0.4) is 0 Å². The summed E-state index contributed by atoms with van der Waals surface area (Å²) in [5.41, 5.74) is 5.23. The molecule has 0 amide bonds. The molecule has 0 spiro atoms. The zero-order chi connectivity index (χ0) is 13.9. The van der Waals surface area contributed by atoms with Gasteiger partial charge in [-0.2, -0.15) is 5.10 Å². The lowest BCUT2D eigenvalue weighted by Crippen LogP contribution is -2.15. The molecule has 2 aromatic rings. The molecule has 0 saturated heterocycles. The maximum atomic E-state index is 4.53. The van der Waals surface area contributed by atoms with E-state index in [1.54, 1.807) is 0 Å². The summed E-state index contributed by atoms with van der Waals surface area (Å²) in [6.45, 7) is 6.31. The van der Waals surface area contributed by atoms with Gasteiger partial charge in [-0.15, -0.1) is 0 Å². The zero-order valence-electron chi connectivity index (χ0n) is 12.4. The van der Waals surface area contributed by atoms with Crippen LogP contribution < -0.4 is 5.32 Å². The van der Waals surface area contributed by atoms with E-state index in [2.05, 4.69) is 53.2 Å². The van der Waals surface area contributed by atoms with Gasteiger partial charge in [-0.3, -0.25) is 4.68 Å². The number of benzene rings is 1. The lowest BCUT2D eigenvalue weighted by Gasteiger charge is -2.10. The zero-order valence-corrected chi connectivity index (χ0v) is 12.4. The molecule has 3 heteroatoms. The molecule has 1 N–H and O–H groups in total. The van der Waals surface area contributed by atoms with Crippen LogP contribution in [0, 0.1) is 6.92 Å². The minimum atomic E-state index is 0.743. The van der Waals surface area contributed by atoms with Crippen LogP contribution in [0.15, 0.2) is 30.5 Å². The Hall–Kier alpha value is -1.61. The van der Waals surface area contributed by atoms with E-state index in [4.69, 9.17) is 0 Å². The number of nitrogens with one attached hydrogen (secondary N) is 1. The van der Waals surface area contributed by atoms with Crippen molar-refractivity contribution in [1.29, 1.82) is 0 Å². The van der Waals surface area contributed by atoms with Crippen molar-refractivity contribution in [1.82, 2.24) is 15.1 Å². The molecule has 1 saturated carbocycles. The van der Waals surface area contributed by atoms with Gasteiger partial charge in [-0.05, 0) is 37.3 Å². The molecular weight excluding hydrogens is 246 g/mol. The predicted molar refractivity (Wildman–Crippen MR) is 82.6 cm³/mol. The molecule has 0 aliphatic heterocycles. The molecule has 3 nitrogen and oxygen atoms in total. The molecule has 106 valence electrons. The fourth-order valence-electron chi connectivity index (χ4n) is 2.63. The van der Waals surface area contributed by atoms with E-state index in [0.29, 0.717) is 0 Å². The molecule has 0 radical (unpaired) electrons. The van der Waals surface area contributed by atoms with Gasteiger partial charge in [0, 0.05) is 30.4 Å². The maximum Gasteiger partial charge on any atom is 0.0571 e. The SMILES string of the molecule is CCCn1ncc(-c2ccccc2CNC2CC2)c1C. The first-order valence-corrected chi connectivity index (χ1v) is 7.63. The van der Waals surface area contributed by atoms with Crippen LogP contribution in [0.25, 0.3) is 11.1 Å². The van der Waals surface area contributed by atoms with Gasteiger partial charge >= 0.3 is 0 Å². The second kappa shape index (κ2) is 5.80. The molecule has 0 atom stereocenters. The Bertz CT molecular complexity index is 582. The third-order valence-electron chi connectivity index (χ3n) is 4.00. The first-order chi connectivity index (χ1) is 9.79. The Labute approximate surface area is 121 Å². The fraction of sp³-hybridized carbons (Fsp3) is 0.471. The highest BCUT2D eigenvalue weighted by Gasteiger charge is 2.20. The summed E-state index contributed by atoms with van der Waals surface area (Å²) in [7, 11) is 0. The number of aromatic nitrogens is 2. The van der Waals surface area contributed by atoms with Crippen molar-refractivity contribution >= 4 is 0 Å². The van der Waals surface area contributed by atoms with Gasteiger partial charge < -0.3 is 5.32 Å². The van der Waals surface area contributed by atoms with Crippen LogP contribution in [0.2, 0.25) is 0 Å². The molecular formula is C17H23N3. The third kappa shape index (κ3) is 2.78. The summed E-state index contributed by atoms with van der Waals surface area (Å²) in [5.74, 6) is 0. The van der Waals surface area contributed by atoms with Crippen molar-refractivity contribution in [3.8, 4) is 11.1 Å². The van der Waals surface area contributed by atoms with Crippen LogP contribution in [0.1, 0.15) is 37.4 Å². The lowest BCUT2D eigenvalue weighted by atomic mass is 10.0. The van der Waals surface area contributed by atoms with Gasteiger partial charge in [0.05, 0.1) is 6.20 Å². The standard InChI is InChI=1S/C17H23N3/c1-3-10-20-13(2)17(12-19-20)16-7-5-4-6-14(16)11-18-15-8-9-15/h4-7,12,15,18H,3,8-11H2,1-2H3. The second-order valence-electron chi connectivity index (χ2n) is 5.68. The molecule has 0 unspecified atom stereocenters. The molecule has 1 aliphatic carbocycles. The second-order valence-corrected chi connectivity index (χ2v) is 5.68. The van der Waals surface area contributed by atoms with Crippen molar-refractivity contribution in [2.45, 2.75) is 52.2 Å². The minimum Gasteiger partial charge on any atom is -0.310 e. The molecule has 20 heavy (non-hydrogen) atoms. The number of hydrogen-bond acceptors (Lipinski definition) is 2. The van der Waals surface area contributed by atoms with E-state index in [0.717, 1.165) is 25.6 Å². The Morgan fingerprint density at radius 2 is 2.05 bits per heavy atom. The molecule has 0 bridgehead atoms. The topological polar surface area (TPSA) is 29.9 Å². The van der Waals surface area contributed by atoms with Crippen molar-refractivity contribution < 1.29 is 0 Å².